The maximum atomic E-state index is 12.2. The lowest BCUT2D eigenvalue weighted by Crippen LogP contribution is -2.18. The van der Waals surface area contributed by atoms with E-state index in [0.717, 1.165) is 12.0 Å². The molecule has 0 bridgehead atoms. The zero-order chi connectivity index (χ0) is 18.2. The average molecular weight is 335 g/mol. The molecular formula is C20H21N3O2. The van der Waals surface area contributed by atoms with Crippen LogP contribution in [0.3, 0.4) is 0 Å². The van der Waals surface area contributed by atoms with Gasteiger partial charge in [0.15, 0.2) is 0 Å². The molecular weight excluding hydrogens is 314 g/mol. The highest BCUT2D eigenvalue weighted by molar-refractivity contribution is 6.06. The maximum Gasteiger partial charge on any atom is 0.267 e. The molecule has 0 heterocycles. The van der Waals surface area contributed by atoms with Crippen molar-refractivity contribution in [1.82, 2.24) is 5.32 Å². The average Bonchev–Trinajstić information content (AvgIpc) is 2.62. The van der Waals surface area contributed by atoms with Gasteiger partial charge in [-0.2, -0.15) is 5.26 Å². The van der Waals surface area contributed by atoms with E-state index in [1.807, 2.05) is 25.1 Å². The van der Waals surface area contributed by atoms with Gasteiger partial charge in [0.05, 0.1) is 0 Å². The molecule has 1 atom stereocenters. The van der Waals surface area contributed by atoms with Crippen LogP contribution < -0.4 is 10.6 Å². The standard InChI is InChI=1S/C20H21N3O2/c1-3-15-7-9-16(10-8-15)14(2)22-13-17(12-21)20(25)23-18-5-4-6-19(24)11-18/h4-11,13-14,22,24H,3H2,1-2H3,(H,23,25)/b17-13-. The Kier molecular flexibility index (Phi) is 6.19. The van der Waals surface area contributed by atoms with Crippen molar-refractivity contribution in [2.75, 3.05) is 5.32 Å². The number of benzene rings is 2. The summed E-state index contributed by atoms with van der Waals surface area (Å²) in [7, 11) is 0. The summed E-state index contributed by atoms with van der Waals surface area (Å²) in [6.45, 7) is 4.06. The van der Waals surface area contributed by atoms with Gasteiger partial charge in [-0.3, -0.25) is 4.79 Å². The Morgan fingerprint density at radius 2 is 2.00 bits per heavy atom. The quantitative estimate of drug-likeness (QED) is 0.555. The molecule has 3 N–H and O–H groups in total. The summed E-state index contributed by atoms with van der Waals surface area (Å²) in [5, 5.41) is 24.3. The molecule has 0 spiro atoms. The van der Waals surface area contributed by atoms with Gasteiger partial charge < -0.3 is 15.7 Å². The van der Waals surface area contributed by atoms with Crippen LogP contribution in [-0.4, -0.2) is 11.0 Å². The number of phenols is 1. The van der Waals surface area contributed by atoms with Crippen LogP contribution >= 0.6 is 0 Å². The first-order valence-corrected chi connectivity index (χ1v) is 8.09. The van der Waals surface area contributed by atoms with Crippen molar-refractivity contribution in [1.29, 1.82) is 5.26 Å². The monoisotopic (exact) mass is 335 g/mol. The maximum absolute atomic E-state index is 12.2. The van der Waals surface area contributed by atoms with Crippen LogP contribution in [0.5, 0.6) is 5.75 Å². The number of nitriles is 1. The lowest BCUT2D eigenvalue weighted by Gasteiger charge is -2.13. The minimum absolute atomic E-state index is 0.0391. The van der Waals surface area contributed by atoms with Gasteiger partial charge in [0.2, 0.25) is 0 Å². The highest BCUT2D eigenvalue weighted by Crippen LogP contribution is 2.17. The van der Waals surface area contributed by atoms with E-state index in [9.17, 15) is 15.2 Å². The van der Waals surface area contributed by atoms with Gasteiger partial charge in [0.25, 0.3) is 5.91 Å². The van der Waals surface area contributed by atoms with Crippen LogP contribution in [0.1, 0.15) is 31.0 Å². The second-order valence-corrected chi connectivity index (χ2v) is 5.66. The van der Waals surface area contributed by atoms with Crippen LogP contribution in [-0.2, 0) is 11.2 Å². The third-order valence-corrected chi connectivity index (χ3v) is 3.83. The summed E-state index contributed by atoms with van der Waals surface area (Å²) in [5.74, 6) is -0.489. The zero-order valence-electron chi connectivity index (χ0n) is 14.3. The van der Waals surface area contributed by atoms with Gasteiger partial charge in [-0.15, -0.1) is 0 Å². The van der Waals surface area contributed by atoms with E-state index in [-0.39, 0.29) is 17.4 Å². The third kappa shape index (κ3) is 5.11. The molecule has 0 saturated carbocycles. The van der Waals surface area contributed by atoms with Crippen LogP contribution in [0, 0.1) is 11.3 Å². The minimum Gasteiger partial charge on any atom is -0.508 e. The number of aromatic hydroxyl groups is 1. The Bertz CT molecular complexity index is 804. The number of carbonyl (C=O) groups excluding carboxylic acids is 1. The second kappa shape index (κ2) is 8.55. The third-order valence-electron chi connectivity index (χ3n) is 3.83. The van der Waals surface area contributed by atoms with Crippen molar-refractivity contribution in [3.63, 3.8) is 0 Å². The largest absolute Gasteiger partial charge is 0.508 e. The molecule has 0 fully saturated rings. The fourth-order valence-electron chi connectivity index (χ4n) is 2.28. The molecule has 1 unspecified atom stereocenters. The molecule has 0 aliphatic heterocycles. The lowest BCUT2D eigenvalue weighted by molar-refractivity contribution is -0.112. The van der Waals surface area contributed by atoms with Gasteiger partial charge in [0, 0.05) is 24.0 Å². The van der Waals surface area contributed by atoms with E-state index in [1.54, 1.807) is 12.1 Å². The fraction of sp³-hybridized carbons (Fsp3) is 0.200. The van der Waals surface area contributed by atoms with E-state index in [4.69, 9.17) is 0 Å². The number of amides is 1. The Hall–Kier alpha value is -3.26. The van der Waals surface area contributed by atoms with Crippen molar-refractivity contribution in [3.8, 4) is 11.8 Å². The number of anilines is 1. The number of phenolic OH excluding ortho intramolecular Hbond substituents is 1. The molecule has 0 aliphatic carbocycles. The van der Waals surface area contributed by atoms with Crippen molar-refractivity contribution in [2.45, 2.75) is 26.3 Å². The van der Waals surface area contributed by atoms with Gasteiger partial charge in [-0.1, -0.05) is 37.3 Å². The van der Waals surface area contributed by atoms with Gasteiger partial charge in [0.1, 0.15) is 17.4 Å². The molecule has 2 aromatic carbocycles. The van der Waals surface area contributed by atoms with E-state index < -0.39 is 5.91 Å². The summed E-state index contributed by atoms with van der Waals surface area (Å²) >= 11 is 0. The number of rotatable bonds is 6. The summed E-state index contributed by atoms with van der Waals surface area (Å²) in [6, 6.07) is 16.2. The van der Waals surface area contributed by atoms with Crippen molar-refractivity contribution in [3.05, 3.63) is 71.4 Å². The first-order chi connectivity index (χ1) is 12.0. The highest BCUT2D eigenvalue weighted by atomic mass is 16.3. The van der Waals surface area contributed by atoms with Crippen molar-refractivity contribution in [2.24, 2.45) is 0 Å². The molecule has 5 heteroatoms. The lowest BCUT2D eigenvalue weighted by atomic mass is 10.1. The Balaban J connectivity index is 2.03. The summed E-state index contributed by atoms with van der Waals surface area (Å²) in [5.41, 5.74) is 2.71. The smallest absolute Gasteiger partial charge is 0.267 e. The number of hydrogen-bond acceptors (Lipinski definition) is 4. The van der Waals surface area contributed by atoms with Crippen LogP contribution in [0.2, 0.25) is 0 Å². The second-order valence-electron chi connectivity index (χ2n) is 5.66. The van der Waals surface area contributed by atoms with Gasteiger partial charge >= 0.3 is 0 Å². The molecule has 25 heavy (non-hydrogen) atoms. The molecule has 2 rings (SSSR count). The minimum atomic E-state index is -0.533. The van der Waals surface area contributed by atoms with Crippen molar-refractivity contribution >= 4 is 11.6 Å². The summed E-state index contributed by atoms with van der Waals surface area (Å²) < 4.78 is 0. The molecule has 1 amide bonds. The number of aryl methyl sites for hydroxylation is 1. The Morgan fingerprint density at radius 3 is 2.60 bits per heavy atom. The van der Waals surface area contributed by atoms with Gasteiger partial charge in [-0.25, -0.2) is 0 Å². The number of carbonyl (C=O) groups is 1. The van der Waals surface area contributed by atoms with E-state index in [1.165, 1.54) is 23.9 Å². The molecule has 0 aromatic heterocycles. The predicted molar refractivity (Wildman–Crippen MR) is 97.8 cm³/mol. The molecule has 0 saturated heterocycles. The molecule has 0 aliphatic rings. The van der Waals surface area contributed by atoms with E-state index in [2.05, 4.69) is 29.7 Å². The normalized spacial score (nSPS) is 12.1. The van der Waals surface area contributed by atoms with Gasteiger partial charge in [-0.05, 0) is 36.6 Å². The first-order valence-electron chi connectivity index (χ1n) is 8.09. The first kappa shape index (κ1) is 18.1. The molecule has 0 radical (unpaired) electrons. The Morgan fingerprint density at radius 1 is 1.28 bits per heavy atom. The van der Waals surface area contributed by atoms with E-state index in [0.29, 0.717) is 5.69 Å². The molecule has 128 valence electrons. The topological polar surface area (TPSA) is 85.2 Å². The van der Waals surface area contributed by atoms with Crippen molar-refractivity contribution < 1.29 is 9.90 Å². The zero-order valence-corrected chi connectivity index (χ0v) is 14.3. The molecule has 5 nitrogen and oxygen atoms in total. The number of nitrogens with zero attached hydrogens (tertiary/aromatic N) is 1. The van der Waals surface area contributed by atoms with Crippen LogP contribution in [0.4, 0.5) is 5.69 Å². The fourth-order valence-corrected chi connectivity index (χ4v) is 2.28. The summed E-state index contributed by atoms with van der Waals surface area (Å²) in [6.07, 6.45) is 2.40. The Labute approximate surface area is 147 Å². The SMILES string of the molecule is CCc1ccc(C(C)N/C=C(/C#N)C(=O)Nc2cccc(O)c2)cc1. The van der Waals surface area contributed by atoms with Crippen LogP contribution in [0.25, 0.3) is 0 Å². The summed E-state index contributed by atoms with van der Waals surface area (Å²) in [4.78, 5) is 12.2. The van der Waals surface area contributed by atoms with E-state index >= 15 is 0 Å². The number of nitrogens with one attached hydrogen (secondary N) is 2. The predicted octanol–water partition coefficient (Wildman–Crippen LogP) is 3.65. The number of hydrogen-bond donors (Lipinski definition) is 3. The van der Waals surface area contributed by atoms with Crippen LogP contribution in [0.15, 0.2) is 60.3 Å². The molecule has 2 aromatic rings. The highest BCUT2D eigenvalue weighted by Gasteiger charge is 2.11.